The lowest BCUT2D eigenvalue weighted by atomic mass is 9.99. The molecule has 4 heteroatoms. The van der Waals surface area contributed by atoms with Crippen LogP contribution in [0.4, 0.5) is 0 Å². The number of aryl methyl sites for hydroxylation is 1. The summed E-state index contributed by atoms with van der Waals surface area (Å²) in [5.41, 5.74) is 2.51. The molecule has 0 radical (unpaired) electrons. The molecule has 2 aromatic rings. The molecule has 3 nitrogen and oxygen atoms in total. The quantitative estimate of drug-likeness (QED) is 0.515. The SMILES string of the molecule is CC(c1ccccc1)C1OCC(c2cccc[n+]2C)CO1.[I-]. The van der Waals surface area contributed by atoms with Crippen molar-refractivity contribution in [1.29, 1.82) is 0 Å². The molecule has 1 aliphatic rings. The minimum absolute atomic E-state index is 0. The Bertz CT molecular complexity index is 583. The lowest BCUT2D eigenvalue weighted by Crippen LogP contribution is -3.00. The third-order valence-corrected chi connectivity index (χ3v) is 4.17. The predicted octanol–water partition coefficient (Wildman–Crippen LogP) is -0.225. The highest BCUT2D eigenvalue weighted by molar-refractivity contribution is 5.19. The van der Waals surface area contributed by atoms with Gasteiger partial charge in [0.05, 0.1) is 19.1 Å². The van der Waals surface area contributed by atoms with Gasteiger partial charge in [0, 0.05) is 18.1 Å². The van der Waals surface area contributed by atoms with Crippen molar-refractivity contribution in [3.8, 4) is 0 Å². The van der Waals surface area contributed by atoms with Gasteiger partial charge >= 0.3 is 0 Å². The van der Waals surface area contributed by atoms with E-state index in [2.05, 4.69) is 61.1 Å². The van der Waals surface area contributed by atoms with Gasteiger partial charge in [-0.15, -0.1) is 0 Å². The van der Waals surface area contributed by atoms with Gasteiger partial charge < -0.3 is 33.5 Å². The monoisotopic (exact) mass is 411 g/mol. The van der Waals surface area contributed by atoms with Gasteiger partial charge in [-0.25, -0.2) is 4.57 Å². The van der Waals surface area contributed by atoms with Gasteiger partial charge in [-0.05, 0) is 5.56 Å². The van der Waals surface area contributed by atoms with E-state index in [4.69, 9.17) is 9.47 Å². The first-order valence-corrected chi connectivity index (χ1v) is 7.48. The number of hydrogen-bond acceptors (Lipinski definition) is 2. The molecular formula is C18H22INO2. The summed E-state index contributed by atoms with van der Waals surface area (Å²) in [4.78, 5) is 0. The number of pyridine rings is 1. The highest BCUT2D eigenvalue weighted by atomic mass is 127. The number of nitrogens with zero attached hydrogens (tertiary/aromatic N) is 1. The van der Waals surface area contributed by atoms with Crippen molar-refractivity contribution in [1.82, 2.24) is 0 Å². The van der Waals surface area contributed by atoms with Crippen molar-refractivity contribution < 1.29 is 38.0 Å². The van der Waals surface area contributed by atoms with E-state index < -0.39 is 0 Å². The van der Waals surface area contributed by atoms with Crippen molar-refractivity contribution in [2.75, 3.05) is 13.2 Å². The highest BCUT2D eigenvalue weighted by Crippen LogP contribution is 2.28. The van der Waals surface area contributed by atoms with E-state index in [1.54, 1.807) is 0 Å². The summed E-state index contributed by atoms with van der Waals surface area (Å²) < 4.78 is 14.1. The molecule has 0 N–H and O–H groups in total. The van der Waals surface area contributed by atoms with E-state index in [0.29, 0.717) is 19.1 Å². The fraction of sp³-hybridized carbons (Fsp3) is 0.389. The van der Waals surface area contributed by atoms with Gasteiger partial charge in [0.15, 0.2) is 18.2 Å². The first-order chi connectivity index (χ1) is 10.3. The summed E-state index contributed by atoms with van der Waals surface area (Å²) in [6.07, 6.45) is 1.91. The number of halogens is 1. The van der Waals surface area contributed by atoms with Crippen LogP contribution in [-0.2, 0) is 16.5 Å². The molecule has 1 unspecified atom stereocenters. The molecule has 1 atom stereocenters. The number of ether oxygens (including phenoxy) is 2. The molecule has 22 heavy (non-hydrogen) atoms. The summed E-state index contributed by atoms with van der Waals surface area (Å²) >= 11 is 0. The van der Waals surface area contributed by atoms with Crippen LogP contribution in [0.1, 0.15) is 30.0 Å². The Kier molecular flexibility index (Phi) is 6.35. The van der Waals surface area contributed by atoms with E-state index in [0.717, 1.165) is 0 Å². The number of aromatic nitrogens is 1. The Morgan fingerprint density at radius 1 is 1.00 bits per heavy atom. The van der Waals surface area contributed by atoms with Gasteiger partial charge in [0.1, 0.15) is 7.05 Å². The van der Waals surface area contributed by atoms with E-state index in [9.17, 15) is 0 Å². The van der Waals surface area contributed by atoms with Crippen LogP contribution in [0, 0.1) is 0 Å². The maximum absolute atomic E-state index is 5.98. The average Bonchev–Trinajstić information content (AvgIpc) is 2.56. The van der Waals surface area contributed by atoms with Gasteiger partial charge in [-0.2, -0.15) is 0 Å². The van der Waals surface area contributed by atoms with E-state index in [1.165, 1.54) is 11.3 Å². The van der Waals surface area contributed by atoms with Crippen LogP contribution in [0.3, 0.4) is 0 Å². The van der Waals surface area contributed by atoms with Crippen LogP contribution < -0.4 is 28.5 Å². The minimum Gasteiger partial charge on any atom is -1.00 e. The second-order valence-electron chi connectivity index (χ2n) is 5.67. The molecule has 0 aliphatic carbocycles. The van der Waals surface area contributed by atoms with Crippen LogP contribution in [-0.4, -0.2) is 19.5 Å². The molecule has 0 saturated carbocycles. The molecule has 3 rings (SSSR count). The fourth-order valence-corrected chi connectivity index (χ4v) is 2.85. The molecule has 1 aliphatic heterocycles. The number of rotatable bonds is 3. The molecule has 118 valence electrons. The lowest BCUT2D eigenvalue weighted by Gasteiger charge is -2.32. The van der Waals surface area contributed by atoms with Crippen LogP contribution in [0.15, 0.2) is 54.7 Å². The Hall–Kier alpha value is -0.980. The van der Waals surface area contributed by atoms with Crippen molar-refractivity contribution in [2.24, 2.45) is 7.05 Å². The van der Waals surface area contributed by atoms with Crippen LogP contribution >= 0.6 is 0 Å². The van der Waals surface area contributed by atoms with Gasteiger partial charge in [-0.1, -0.05) is 43.3 Å². The van der Waals surface area contributed by atoms with Crippen molar-refractivity contribution in [3.63, 3.8) is 0 Å². The number of hydrogen-bond donors (Lipinski definition) is 0. The first-order valence-electron chi connectivity index (χ1n) is 7.48. The van der Waals surface area contributed by atoms with Crippen LogP contribution in [0.2, 0.25) is 0 Å². The molecule has 0 amide bonds. The summed E-state index contributed by atoms with van der Waals surface area (Å²) in [6, 6.07) is 16.6. The molecule has 1 aromatic carbocycles. The second kappa shape index (κ2) is 8.04. The summed E-state index contributed by atoms with van der Waals surface area (Å²) in [7, 11) is 2.06. The molecule has 2 heterocycles. The Morgan fingerprint density at radius 3 is 2.27 bits per heavy atom. The zero-order chi connectivity index (χ0) is 14.7. The average molecular weight is 411 g/mol. The lowest BCUT2D eigenvalue weighted by molar-refractivity contribution is -0.681. The third kappa shape index (κ3) is 3.86. The molecule has 0 bridgehead atoms. The van der Waals surface area contributed by atoms with E-state index >= 15 is 0 Å². The maximum Gasteiger partial charge on any atom is 0.188 e. The normalized spacial score (nSPS) is 22.6. The topological polar surface area (TPSA) is 22.3 Å². The summed E-state index contributed by atoms with van der Waals surface area (Å²) in [5, 5.41) is 0. The van der Waals surface area contributed by atoms with Gasteiger partial charge in [0.25, 0.3) is 0 Å². The fourth-order valence-electron chi connectivity index (χ4n) is 2.85. The third-order valence-electron chi connectivity index (χ3n) is 4.17. The van der Waals surface area contributed by atoms with E-state index in [-0.39, 0.29) is 36.2 Å². The van der Waals surface area contributed by atoms with Gasteiger partial charge in [-0.3, -0.25) is 0 Å². The molecular weight excluding hydrogens is 389 g/mol. The Labute approximate surface area is 149 Å². The summed E-state index contributed by atoms with van der Waals surface area (Å²) in [5.74, 6) is 0.548. The van der Waals surface area contributed by atoms with Crippen LogP contribution in [0.5, 0.6) is 0 Å². The zero-order valence-corrected chi connectivity index (χ0v) is 15.1. The Morgan fingerprint density at radius 2 is 1.64 bits per heavy atom. The second-order valence-corrected chi connectivity index (χ2v) is 5.67. The summed E-state index contributed by atoms with van der Waals surface area (Å²) in [6.45, 7) is 3.57. The minimum atomic E-state index is -0.155. The predicted molar refractivity (Wildman–Crippen MR) is 80.9 cm³/mol. The molecule has 0 spiro atoms. The largest absolute Gasteiger partial charge is 1.00 e. The molecule has 1 saturated heterocycles. The Balaban J connectivity index is 0.00000176. The molecule has 1 fully saturated rings. The van der Waals surface area contributed by atoms with Crippen molar-refractivity contribution in [2.45, 2.75) is 25.0 Å². The zero-order valence-electron chi connectivity index (χ0n) is 13.0. The number of benzene rings is 1. The maximum atomic E-state index is 5.98. The molecule has 1 aromatic heterocycles. The standard InChI is InChI=1S/C18H22NO2.HI/c1-14(15-8-4-3-5-9-15)18-20-12-16(13-21-18)17-10-6-7-11-19(17)2;/h3-11,14,16,18H,12-13H2,1-2H3;1H/q+1;/p-1. The van der Waals surface area contributed by atoms with E-state index in [1.807, 2.05) is 12.1 Å². The van der Waals surface area contributed by atoms with Gasteiger partial charge in [0.2, 0.25) is 0 Å². The van der Waals surface area contributed by atoms with Crippen molar-refractivity contribution in [3.05, 3.63) is 66.0 Å². The van der Waals surface area contributed by atoms with Crippen LogP contribution in [0.25, 0.3) is 0 Å². The first kappa shape index (κ1) is 17.4. The smallest absolute Gasteiger partial charge is 0.188 e. The van der Waals surface area contributed by atoms with Crippen molar-refractivity contribution >= 4 is 0 Å². The highest BCUT2D eigenvalue weighted by Gasteiger charge is 2.31.